The second-order valence-corrected chi connectivity index (χ2v) is 7.18. The highest BCUT2D eigenvalue weighted by molar-refractivity contribution is 9.10. The van der Waals surface area contributed by atoms with Gasteiger partial charge in [-0.25, -0.2) is 0 Å². The Bertz CT molecular complexity index is 488. The molecule has 1 aromatic rings. The lowest BCUT2D eigenvalue weighted by molar-refractivity contribution is -0.102. The Kier molecular flexibility index (Phi) is 3.27. The summed E-state index contributed by atoms with van der Waals surface area (Å²) in [5.41, 5.74) is 1.71. The van der Waals surface area contributed by atoms with Crippen LogP contribution in [0, 0.1) is 5.41 Å². The lowest BCUT2D eigenvalue weighted by Gasteiger charge is -2.45. The molecule has 104 valence electrons. The fraction of sp³-hybridized carbons (Fsp3) is 0.625. The van der Waals surface area contributed by atoms with Crippen LogP contribution in [-0.2, 0) is 16.8 Å². The zero-order valence-electron chi connectivity index (χ0n) is 11.6. The van der Waals surface area contributed by atoms with Gasteiger partial charge in [-0.3, -0.25) is 0 Å². The van der Waals surface area contributed by atoms with E-state index in [4.69, 9.17) is 4.74 Å². The predicted molar refractivity (Wildman–Crippen MR) is 79.1 cm³/mol. The number of fused-ring (bicyclic) bond motifs is 1. The Hall–Kier alpha value is -0.380. The lowest BCUT2D eigenvalue weighted by Crippen LogP contribution is -2.44. The molecule has 1 saturated carbocycles. The van der Waals surface area contributed by atoms with Crippen LogP contribution in [0.1, 0.15) is 43.7 Å². The van der Waals surface area contributed by atoms with Crippen LogP contribution < -0.4 is 0 Å². The number of methoxy groups -OCH3 is 1. The van der Waals surface area contributed by atoms with Gasteiger partial charge in [0.05, 0.1) is 11.7 Å². The molecule has 1 spiro atoms. The molecule has 2 aliphatic carbocycles. The number of rotatable bonds is 1. The zero-order valence-corrected chi connectivity index (χ0v) is 13.2. The molecule has 2 aliphatic rings. The molecular weight excluding hydrogens is 304 g/mol. The van der Waals surface area contributed by atoms with E-state index in [0.717, 1.165) is 42.1 Å². The molecule has 3 heteroatoms. The van der Waals surface area contributed by atoms with Crippen molar-refractivity contribution in [2.45, 2.75) is 50.7 Å². The molecule has 1 N–H and O–H groups in total. The average molecular weight is 325 g/mol. The minimum atomic E-state index is -0.717. The summed E-state index contributed by atoms with van der Waals surface area (Å²) >= 11 is 3.52. The summed E-state index contributed by atoms with van der Waals surface area (Å²) in [6.07, 6.45) is 5.58. The fourth-order valence-corrected chi connectivity index (χ4v) is 4.38. The monoisotopic (exact) mass is 324 g/mol. The van der Waals surface area contributed by atoms with Crippen molar-refractivity contribution in [3.05, 3.63) is 33.8 Å². The summed E-state index contributed by atoms with van der Waals surface area (Å²) in [4.78, 5) is 0. The largest absolute Gasteiger partial charge is 0.385 e. The Labute approximate surface area is 123 Å². The Balaban J connectivity index is 1.95. The van der Waals surface area contributed by atoms with Gasteiger partial charge in [0.2, 0.25) is 0 Å². The normalized spacial score (nSPS) is 37.6. The van der Waals surface area contributed by atoms with E-state index in [2.05, 4.69) is 34.1 Å². The molecule has 1 atom stereocenters. The molecule has 0 saturated heterocycles. The minimum absolute atomic E-state index is 0.00512. The third-order valence-electron chi connectivity index (χ3n) is 5.38. The van der Waals surface area contributed by atoms with Crippen molar-refractivity contribution < 1.29 is 9.84 Å². The van der Waals surface area contributed by atoms with Crippen molar-refractivity contribution >= 4 is 15.9 Å². The summed E-state index contributed by atoms with van der Waals surface area (Å²) in [6.45, 7) is 2.00. The van der Waals surface area contributed by atoms with Crippen LogP contribution in [-0.4, -0.2) is 18.3 Å². The summed E-state index contributed by atoms with van der Waals surface area (Å²) in [7, 11) is 1.79. The van der Waals surface area contributed by atoms with Gasteiger partial charge in [-0.1, -0.05) is 22.0 Å². The number of ether oxygens (including phenoxy) is 1. The van der Waals surface area contributed by atoms with Crippen molar-refractivity contribution in [3.63, 3.8) is 0 Å². The van der Waals surface area contributed by atoms with Gasteiger partial charge in [0, 0.05) is 17.0 Å². The van der Waals surface area contributed by atoms with Gasteiger partial charge < -0.3 is 9.84 Å². The quantitative estimate of drug-likeness (QED) is 0.851. The number of benzene rings is 1. The maximum Gasteiger partial charge on any atom is 0.0930 e. The molecule has 3 rings (SSSR count). The van der Waals surface area contributed by atoms with E-state index in [-0.39, 0.29) is 5.41 Å². The van der Waals surface area contributed by atoms with E-state index in [1.54, 1.807) is 7.11 Å². The van der Waals surface area contributed by atoms with E-state index in [0.29, 0.717) is 6.10 Å². The third kappa shape index (κ3) is 1.98. The predicted octanol–water partition coefficient (Wildman–Crippen LogP) is 3.79. The Morgan fingerprint density at radius 3 is 2.63 bits per heavy atom. The molecule has 1 fully saturated rings. The van der Waals surface area contributed by atoms with Crippen molar-refractivity contribution in [2.24, 2.45) is 5.41 Å². The van der Waals surface area contributed by atoms with Gasteiger partial charge >= 0.3 is 0 Å². The SMILES string of the molecule is CO[C@H]1CC[C@]2(CC1)Cc1ccc(Br)cc1C2(C)O. The van der Waals surface area contributed by atoms with Crippen LogP contribution in [0.15, 0.2) is 22.7 Å². The first-order valence-electron chi connectivity index (χ1n) is 7.03. The summed E-state index contributed by atoms with van der Waals surface area (Å²) in [5, 5.41) is 11.1. The molecule has 0 aliphatic heterocycles. The Morgan fingerprint density at radius 1 is 1.32 bits per heavy atom. The van der Waals surface area contributed by atoms with Crippen LogP contribution in [0.3, 0.4) is 0 Å². The first-order valence-corrected chi connectivity index (χ1v) is 7.82. The standard InChI is InChI=1S/C16H21BrO2/c1-15(18)14-9-12(17)4-3-11(14)10-16(15)7-5-13(19-2)6-8-16/h3-4,9,13,18H,5-8,10H2,1-2H3/t13-,15?,16-. The van der Waals surface area contributed by atoms with Crippen LogP contribution in [0.2, 0.25) is 0 Å². The van der Waals surface area contributed by atoms with Crippen molar-refractivity contribution in [3.8, 4) is 0 Å². The first kappa shape index (κ1) is 13.6. The molecule has 1 unspecified atom stereocenters. The highest BCUT2D eigenvalue weighted by Crippen LogP contribution is 2.57. The zero-order chi connectivity index (χ0) is 13.7. The minimum Gasteiger partial charge on any atom is -0.385 e. The lowest BCUT2D eigenvalue weighted by atomic mass is 9.64. The third-order valence-corrected chi connectivity index (χ3v) is 5.87. The molecule has 1 aromatic carbocycles. The number of aliphatic hydroxyl groups is 1. The molecule has 19 heavy (non-hydrogen) atoms. The topological polar surface area (TPSA) is 29.5 Å². The molecule has 0 bridgehead atoms. The first-order chi connectivity index (χ1) is 8.98. The van der Waals surface area contributed by atoms with Gasteiger partial charge in [0.25, 0.3) is 0 Å². The van der Waals surface area contributed by atoms with E-state index < -0.39 is 5.60 Å². The van der Waals surface area contributed by atoms with E-state index in [9.17, 15) is 5.11 Å². The maximum absolute atomic E-state index is 11.1. The van der Waals surface area contributed by atoms with Crippen molar-refractivity contribution in [1.29, 1.82) is 0 Å². The van der Waals surface area contributed by atoms with Crippen LogP contribution >= 0.6 is 15.9 Å². The van der Waals surface area contributed by atoms with E-state index in [1.807, 2.05) is 6.92 Å². The fourth-order valence-electron chi connectivity index (χ4n) is 4.02. The molecule has 0 aromatic heterocycles. The summed E-state index contributed by atoms with van der Waals surface area (Å²) in [5.74, 6) is 0. The van der Waals surface area contributed by atoms with E-state index >= 15 is 0 Å². The Morgan fingerprint density at radius 2 is 2.00 bits per heavy atom. The van der Waals surface area contributed by atoms with E-state index in [1.165, 1.54) is 5.56 Å². The molecule has 0 radical (unpaired) electrons. The van der Waals surface area contributed by atoms with Crippen LogP contribution in [0.4, 0.5) is 0 Å². The second-order valence-electron chi connectivity index (χ2n) is 6.27. The highest BCUT2D eigenvalue weighted by atomic mass is 79.9. The number of hydrogen-bond acceptors (Lipinski definition) is 2. The van der Waals surface area contributed by atoms with Gasteiger partial charge in [0.15, 0.2) is 0 Å². The molecule has 2 nitrogen and oxygen atoms in total. The van der Waals surface area contributed by atoms with Gasteiger partial charge in [0.1, 0.15) is 0 Å². The summed E-state index contributed by atoms with van der Waals surface area (Å²) < 4.78 is 6.52. The van der Waals surface area contributed by atoms with Gasteiger partial charge in [-0.05, 0) is 62.3 Å². The number of halogens is 1. The van der Waals surface area contributed by atoms with Crippen LogP contribution in [0.25, 0.3) is 0 Å². The highest BCUT2D eigenvalue weighted by Gasteiger charge is 2.54. The van der Waals surface area contributed by atoms with Gasteiger partial charge in [-0.15, -0.1) is 0 Å². The van der Waals surface area contributed by atoms with Gasteiger partial charge in [-0.2, -0.15) is 0 Å². The maximum atomic E-state index is 11.1. The molecule has 0 amide bonds. The second kappa shape index (κ2) is 4.57. The smallest absolute Gasteiger partial charge is 0.0930 e. The van der Waals surface area contributed by atoms with Crippen molar-refractivity contribution in [2.75, 3.05) is 7.11 Å². The molecule has 0 heterocycles. The average Bonchev–Trinajstić information content (AvgIpc) is 2.60. The number of hydrogen-bond donors (Lipinski definition) is 1. The molecular formula is C16H21BrO2. The summed E-state index contributed by atoms with van der Waals surface area (Å²) in [6, 6.07) is 6.33. The van der Waals surface area contributed by atoms with Crippen molar-refractivity contribution in [1.82, 2.24) is 0 Å². The van der Waals surface area contributed by atoms with Crippen LogP contribution in [0.5, 0.6) is 0 Å².